The Bertz CT molecular complexity index is 407. The minimum absolute atomic E-state index is 0.643. The van der Waals surface area contributed by atoms with E-state index in [0.29, 0.717) is 6.04 Å². The van der Waals surface area contributed by atoms with Gasteiger partial charge in [0.15, 0.2) is 0 Å². The van der Waals surface area contributed by atoms with Gasteiger partial charge in [-0.2, -0.15) is 0 Å². The van der Waals surface area contributed by atoms with Crippen molar-refractivity contribution in [1.29, 1.82) is 0 Å². The van der Waals surface area contributed by atoms with Gasteiger partial charge in [0, 0.05) is 12.6 Å². The standard InChI is InChI=1S/C17H26N2/c1-2-14-8-11-19(12-9-14)17-7-10-18-13-15-5-3-4-6-16(15)17/h3-6,14,17-18H,2,7-13H2,1H3. The minimum atomic E-state index is 0.643. The predicted molar refractivity (Wildman–Crippen MR) is 80.1 cm³/mol. The van der Waals surface area contributed by atoms with E-state index >= 15 is 0 Å². The third kappa shape index (κ3) is 2.85. The fourth-order valence-corrected chi connectivity index (χ4v) is 3.69. The van der Waals surface area contributed by atoms with Crippen LogP contribution in [0.4, 0.5) is 0 Å². The Kier molecular flexibility index (Phi) is 4.19. The van der Waals surface area contributed by atoms with Gasteiger partial charge in [0.1, 0.15) is 0 Å². The first kappa shape index (κ1) is 13.1. The molecule has 0 aromatic heterocycles. The molecule has 2 aliphatic heterocycles. The molecule has 0 bridgehead atoms. The zero-order valence-corrected chi connectivity index (χ0v) is 12.1. The van der Waals surface area contributed by atoms with Crippen LogP contribution in [0, 0.1) is 5.92 Å². The lowest BCUT2D eigenvalue weighted by molar-refractivity contribution is 0.126. The second kappa shape index (κ2) is 6.06. The Balaban J connectivity index is 1.77. The van der Waals surface area contributed by atoms with Crippen LogP contribution in [0.1, 0.15) is 49.8 Å². The first-order chi connectivity index (χ1) is 9.38. The second-order valence-corrected chi connectivity index (χ2v) is 6.07. The van der Waals surface area contributed by atoms with Crippen LogP contribution in [0.2, 0.25) is 0 Å². The highest BCUT2D eigenvalue weighted by Gasteiger charge is 2.27. The van der Waals surface area contributed by atoms with E-state index in [1.807, 2.05) is 0 Å². The number of hydrogen-bond donors (Lipinski definition) is 1. The Labute approximate surface area is 117 Å². The summed E-state index contributed by atoms with van der Waals surface area (Å²) in [5.74, 6) is 0.968. The SMILES string of the molecule is CCC1CCN(C2CCNCc3ccccc32)CC1. The lowest BCUT2D eigenvalue weighted by atomic mass is 9.91. The van der Waals surface area contributed by atoms with Crippen LogP contribution < -0.4 is 5.32 Å². The van der Waals surface area contributed by atoms with Crippen LogP contribution in [0.25, 0.3) is 0 Å². The topological polar surface area (TPSA) is 15.3 Å². The molecule has 2 nitrogen and oxygen atoms in total. The van der Waals surface area contributed by atoms with Gasteiger partial charge in [-0.25, -0.2) is 0 Å². The number of nitrogens with one attached hydrogen (secondary N) is 1. The molecule has 0 aliphatic carbocycles. The molecular formula is C17H26N2. The molecule has 2 heteroatoms. The van der Waals surface area contributed by atoms with E-state index < -0.39 is 0 Å². The molecular weight excluding hydrogens is 232 g/mol. The number of hydrogen-bond acceptors (Lipinski definition) is 2. The molecule has 1 fully saturated rings. The van der Waals surface area contributed by atoms with E-state index in [2.05, 4.69) is 41.4 Å². The summed E-state index contributed by atoms with van der Waals surface area (Å²) in [6.07, 6.45) is 5.40. The number of piperidine rings is 1. The van der Waals surface area contributed by atoms with Crippen LogP contribution in [0.3, 0.4) is 0 Å². The molecule has 1 aromatic carbocycles. The minimum Gasteiger partial charge on any atom is -0.313 e. The van der Waals surface area contributed by atoms with Crippen molar-refractivity contribution in [2.45, 2.75) is 45.2 Å². The van der Waals surface area contributed by atoms with Crippen molar-refractivity contribution < 1.29 is 0 Å². The van der Waals surface area contributed by atoms with Crippen LogP contribution in [-0.2, 0) is 6.54 Å². The number of fused-ring (bicyclic) bond motifs is 1. The zero-order chi connectivity index (χ0) is 13.1. The highest BCUT2D eigenvalue weighted by Crippen LogP contribution is 2.32. The summed E-state index contributed by atoms with van der Waals surface area (Å²) in [7, 11) is 0. The van der Waals surface area contributed by atoms with Crippen molar-refractivity contribution >= 4 is 0 Å². The molecule has 3 rings (SSSR count). The third-order valence-corrected chi connectivity index (χ3v) is 4.99. The largest absolute Gasteiger partial charge is 0.313 e. The van der Waals surface area contributed by atoms with Crippen molar-refractivity contribution in [3.63, 3.8) is 0 Å². The molecule has 1 aromatic rings. The quantitative estimate of drug-likeness (QED) is 0.875. The predicted octanol–water partition coefficient (Wildman–Crippen LogP) is 3.34. The Morgan fingerprint density at radius 2 is 1.95 bits per heavy atom. The van der Waals surface area contributed by atoms with Gasteiger partial charge in [0.25, 0.3) is 0 Å². The van der Waals surface area contributed by atoms with Crippen molar-refractivity contribution in [2.24, 2.45) is 5.92 Å². The van der Waals surface area contributed by atoms with Crippen molar-refractivity contribution in [1.82, 2.24) is 10.2 Å². The van der Waals surface area contributed by atoms with Crippen LogP contribution in [-0.4, -0.2) is 24.5 Å². The molecule has 2 aliphatic rings. The molecule has 1 N–H and O–H groups in total. The van der Waals surface area contributed by atoms with E-state index in [1.54, 1.807) is 5.56 Å². The number of nitrogens with zero attached hydrogens (tertiary/aromatic N) is 1. The van der Waals surface area contributed by atoms with Crippen molar-refractivity contribution in [3.05, 3.63) is 35.4 Å². The molecule has 2 heterocycles. The maximum atomic E-state index is 3.57. The van der Waals surface area contributed by atoms with Crippen LogP contribution in [0.15, 0.2) is 24.3 Å². The molecule has 0 spiro atoms. The van der Waals surface area contributed by atoms with Gasteiger partial charge < -0.3 is 5.32 Å². The fraction of sp³-hybridized carbons (Fsp3) is 0.647. The van der Waals surface area contributed by atoms with Crippen LogP contribution >= 0.6 is 0 Å². The van der Waals surface area contributed by atoms with E-state index in [-0.39, 0.29) is 0 Å². The first-order valence-corrected chi connectivity index (χ1v) is 7.91. The Morgan fingerprint density at radius 1 is 1.16 bits per heavy atom. The van der Waals surface area contributed by atoms with Crippen molar-refractivity contribution in [2.75, 3.05) is 19.6 Å². The van der Waals surface area contributed by atoms with E-state index in [1.165, 1.54) is 44.3 Å². The van der Waals surface area contributed by atoms with Gasteiger partial charge in [0.2, 0.25) is 0 Å². The fourth-order valence-electron chi connectivity index (χ4n) is 3.69. The van der Waals surface area contributed by atoms with Crippen LogP contribution in [0.5, 0.6) is 0 Å². The van der Waals surface area contributed by atoms with Gasteiger partial charge in [-0.15, -0.1) is 0 Å². The van der Waals surface area contributed by atoms with Gasteiger partial charge in [-0.3, -0.25) is 4.90 Å². The van der Waals surface area contributed by atoms with E-state index in [0.717, 1.165) is 19.0 Å². The molecule has 19 heavy (non-hydrogen) atoms. The monoisotopic (exact) mass is 258 g/mol. The zero-order valence-electron chi connectivity index (χ0n) is 12.1. The molecule has 1 saturated heterocycles. The Morgan fingerprint density at radius 3 is 2.74 bits per heavy atom. The van der Waals surface area contributed by atoms with Crippen molar-refractivity contribution in [3.8, 4) is 0 Å². The first-order valence-electron chi connectivity index (χ1n) is 7.91. The Hall–Kier alpha value is -0.860. The number of benzene rings is 1. The van der Waals surface area contributed by atoms with E-state index in [4.69, 9.17) is 0 Å². The molecule has 1 unspecified atom stereocenters. The smallest absolute Gasteiger partial charge is 0.0363 e. The average Bonchev–Trinajstić information content (AvgIpc) is 2.70. The highest BCUT2D eigenvalue weighted by molar-refractivity contribution is 5.31. The molecule has 0 radical (unpaired) electrons. The third-order valence-electron chi connectivity index (χ3n) is 4.99. The van der Waals surface area contributed by atoms with Gasteiger partial charge in [-0.05, 0) is 55.9 Å². The summed E-state index contributed by atoms with van der Waals surface area (Å²) >= 11 is 0. The molecule has 0 amide bonds. The second-order valence-electron chi connectivity index (χ2n) is 6.07. The lowest BCUT2D eigenvalue weighted by Crippen LogP contribution is -2.37. The number of rotatable bonds is 2. The summed E-state index contributed by atoms with van der Waals surface area (Å²) in [5, 5.41) is 3.57. The summed E-state index contributed by atoms with van der Waals surface area (Å²) < 4.78 is 0. The van der Waals surface area contributed by atoms with Gasteiger partial charge >= 0.3 is 0 Å². The summed E-state index contributed by atoms with van der Waals surface area (Å²) in [6, 6.07) is 9.66. The molecule has 104 valence electrons. The summed E-state index contributed by atoms with van der Waals surface area (Å²) in [5.41, 5.74) is 3.07. The molecule has 1 atom stereocenters. The van der Waals surface area contributed by atoms with Gasteiger partial charge in [0.05, 0.1) is 0 Å². The normalized spacial score (nSPS) is 25.8. The summed E-state index contributed by atoms with van der Waals surface area (Å²) in [4.78, 5) is 2.73. The average molecular weight is 258 g/mol. The number of likely N-dealkylation sites (tertiary alicyclic amines) is 1. The maximum Gasteiger partial charge on any atom is 0.0363 e. The van der Waals surface area contributed by atoms with E-state index in [9.17, 15) is 0 Å². The van der Waals surface area contributed by atoms with Gasteiger partial charge in [-0.1, -0.05) is 37.6 Å². The molecule has 0 saturated carbocycles. The summed E-state index contributed by atoms with van der Waals surface area (Å²) in [6.45, 7) is 7.10. The lowest BCUT2D eigenvalue weighted by Gasteiger charge is -2.37. The maximum absolute atomic E-state index is 3.57. The highest BCUT2D eigenvalue weighted by atomic mass is 15.2.